The van der Waals surface area contributed by atoms with E-state index in [0.717, 1.165) is 33.1 Å². The molecule has 0 atom stereocenters. The number of carbonyl (C=O) groups is 1. The van der Waals surface area contributed by atoms with Gasteiger partial charge in [0.05, 0.1) is 41.2 Å². The summed E-state index contributed by atoms with van der Waals surface area (Å²) in [5, 5.41) is 2.36. The van der Waals surface area contributed by atoms with Gasteiger partial charge in [-0.05, 0) is 25.1 Å². The van der Waals surface area contributed by atoms with E-state index < -0.39 is 23.1 Å². The Morgan fingerprint density at radius 2 is 1.93 bits per heavy atom. The SMILES string of the molecule is Cc1sc(-c2cnc[nH]2)cc1-c1cnc(NC(=O)c2c(F)cccc2F)cn1. The van der Waals surface area contributed by atoms with Gasteiger partial charge in [0.15, 0.2) is 5.82 Å². The lowest BCUT2D eigenvalue weighted by atomic mass is 10.2. The quantitative estimate of drug-likeness (QED) is 0.533. The van der Waals surface area contributed by atoms with Crippen LogP contribution in [-0.2, 0) is 0 Å². The van der Waals surface area contributed by atoms with Crippen molar-refractivity contribution >= 4 is 23.1 Å². The van der Waals surface area contributed by atoms with E-state index in [1.807, 2.05) is 13.0 Å². The first-order chi connectivity index (χ1) is 13.5. The lowest BCUT2D eigenvalue weighted by molar-refractivity contribution is 0.101. The number of aryl methyl sites for hydroxylation is 1. The number of thiophene rings is 1. The lowest BCUT2D eigenvalue weighted by Crippen LogP contribution is -2.16. The Balaban J connectivity index is 1.56. The van der Waals surface area contributed by atoms with Crippen LogP contribution in [0.15, 0.2) is 49.2 Å². The van der Waals surface area contributed by atoms with Crippen LogP contribution in [0.25, 0.3) is 21.8 Å². The third kappa shape index (κ3) is 3.39. The zero-order valence-electron chi connectivity index (χ0n) is 14.5. The van der Waals surface area contributed by atoms with Crippen LogP contribution in [0, 0.1) is 18.6 Å². The van der Waals surface area contributed by atoms with Crippen LogP contribution in [0.4, 0.5) is 14.6 Å². The predicted molar refractivity (Wildman–Crippen MR) is 102 cm³/mol. The van der Waals surface area contributed by atoms with Gasteiger partial charge in [-0.25, -0.2) is 18.7 Å². The van der Waals surface area contributed by atoms with Crippen LogP contribution in [0.2, 0.25) is 0 Å². The lowest BCUT2D eigenvalue weighted by Gasteiger charge is -2.07. The van der Waals surface area contributed by atoms with Crippen LogP contribution in [0.1, 0.15) is 15.2 Å². The largest absolute Gasteiger partial charge is 0.344 e. The number of nitrogens with one attached hydrogen (secondary N) is 2. The number of H-pyrrole nitrogens is 1. The Bertz CT molecular complexity index is 1120. The number of hydrogen-bond donors (Lipinski definition) is 2. The molecule has 0 aliphatic carbocycles. The van der Waals surface area contributed by atoms with Gasteiger partial charge in [-0.3, -0.25) is 9.78 Å². The van der Waals surface area contributed by atoms with Crippen molar-refractivity contribution < 1.29 is 13.6 Å². The average Bonchev–Trinajstić information content (AvgIpc) is 3.32. The summed E-state index contributed by atoms with van der Waals surface area (Å²) in [6.07, 6.45) is 6.19. The Morgan fingerprint density at radius 1 is 1.14 bits per heavy atom. The van der Waals surface area contributed by atoms with Crippen LogP contribution in [-0.4, -0.2) is 25.8 Å². The van der Waals surface area contributed by atoms with E-state index in [1.165, 1.54) is 18.5 Å². The van der Waals surface area contributed by atoms with Crippen LogP contribution < -0.4 is 5.32 Å². The van der Waals surface area contributed by atoms with E-state index in [4.69, 9.17) is 0 Å². The van der Waals surface area contributed by atoms with Crippen LogP contribution >= 0.6 is 11.3 Å². The van der Waals surface area contributed by atoms with E-state index >= 15 is 0 Å². The van der Waals surface area contributed by atoms with E-state index in [2.05, 4.69) is 25.3 Å². The van der Waals surface area contributed by atoms with Crippen molar-refractivity contribution in [3.05, 3.63) is 71.3 Å². The number of aromatic nitrogens is 4. The van der Waals surface area contributed by atoms with Gasteiger partial charge in [0.1, 0.15) is 17.2 Å². The van der Waals surface area contributed by atoms with E-state index in [-0.39, 0.29) is 5.82 Å². The van der Waals surface area contributed by atoms with Crippen molar-refractivity contribution in [2.45, 2.75) is 6.92 Å². The number of hydrogen-bond acceptors (Lipinski definition) is 5. The summed E-state index contributed by atoms with van der Waals surface area (Å²) in [6.45, 7) is 1.97. The number of imidazole rings is 1. The van der Waals surface area contributed by atoms with Crippen molar-refractivity contribution in [2.75, 3.05) is 5.32 Å². The number of nitrogens with zero attached hydrogens (tertiary/aromatic N) is 3. The monoisotopic (exact) mass is 397 g/mol. The highest BCUT2D eigenvalue weighted by atomic mass is 32.1. The fourth-order valence-corrected chi connectivity index (χ4v) is 3.69. The molecule has 0 aliphatic rings. The number of rotatable bonds is 4. The highest BCUT2D eigenvalue weighted by Crippen LogP contribution is 2.35. The van der Waals surface area contributed by atoms with E-state index in [0.29, 0.717) is 5.69 Å². The number of amides is 1. The van der Waals surface area contributed by atoms with Gasteiger partial charge >= 0.3 is 0 Å². The molecule has 3 aromatic heterocycles. The first-order valence-electron chi connectivity index (χ1n) is 8.20. The Morgan fingerprint density at radius 3 is 2.57 bits per heavy atom. The molecule has 0 fully saturated rings. The summed E-state index contributed by atoms with van der Waals surface area (Å²) < 4.78 is 27.4. The van der Waals surface area contributed by atoms with Crippen molar-refractivity contribution in [3.8, 4) is 21.8 Å². The van der Waals surface area contributed by atoms with Crippen LogP contribution in [0.3, 0.4) is 0 Å². The number of benzene rings is 1. The molecule has 1 aromatic carbocycles. The fourth-order valence-electron chi connectivity index (χ4n) is 2.68. The molecule has 1 amide bonds. The summed E-state index contributed by atoms with van der Waals surface area (Å²) in [4.78, 5) is 29.7. The molecule has 3 heterocycles. The normalized spacial score (nSPS) is 10.8. The molecular weight excluding hydrogens is 384 g/mol. The molecule has 0 radical (unpaired) electrons. The molecule has 0 saturated carbocycles. The number of anilines is 1. The maximum atomic E-state index is 13.7. The maximum absolute atomic E-state index is 13.7. The summed E-state index contributed by atoms with van der Waals surface area (Å²) in [5.41, 5.74) is 1.77. The number of halogens is 2. The second-order valence-corrected chi connectivity index (χ2v) is 7.14. The summed E-state index contributed by atoms with van der Waals surface area (Å²) in [6, 6.07) is 5.20. The first-order valence-corrected chi connectivity index (χ1v) is 9.01. The van der Waals surface area contributed by atoms with Gasteiger partial charge in [0, 0.05) is 10.4 Å². The van der Waals surface area contributed by atoms with Gasteiger partial charge in [-0.15, -0.1) is 11.3 Å². The molecule has 4 rings (SSSR count). The smallest absolute Gasteiger partial charge is 0.262 e. The predicted octanol–water partition coefficient (Wildman–Crippen LogP) is 4.43. The molecule has 9 heteroatoms. The molecule has 6 nitrogen and oxygen atoms in total. The van der Waals surface area contributed by atoms with Gasteiger partial charge in [-0.1, -0.05) is 6.07 Å². The minimum Gasteiger partial charge on any atom is -0.344 e. The van der Waals surface area contributed by atoms with Gasteiger partial charge in [0.25, 0.3) is 5.91 Å². The third-order valence-corrected chi connectivity index (χ3v) is 5.12. The van der Waals surface area contributed by atoms with Crippen molar-refractivity contribution in [1.82, 2.24) is 19.9 Å². The summed E-state index contributed by atoms with van der Waals surface area (Å²) in [7, 11) is 0. The molecule has 4 aromatic rings. The second-order valence-electron chi connectivity index (χ2n) is 5.88. The Labute approximate surface area is 162 Å². The average molecular weight is 397 g/mol. The molecule has 28 heavy (non-hydrogen) atoms. The zero-order chi connectivity index (χ0) is 19.7. The molecule has 140 valence electrons. The minimum absolute atomic E-state index is 0.0954. The Hall–Kier alpha value is -3.46. The maximum Gasteiger partial charge on any atom is 0.262 e. The molecule has 0 aliphatic heterocycles. The standard InChI is InChI=1S/C19H13F2N5OS/c1-10-11(5-16(28-10)15-6-22-9-25-15)14-7-24-17(8-23-14)26-19(27)18-12(20)3-2-4-13(18)21/h2-9H,1H3,(H,22,25)(H,24,26,27). The van der Waals surface area contributed by atoms with Crippen molar-refractivity contribution in [3.63, 3.8) is 0 Å². The number of aromatic amines is 1. The fraction of sp³-hybridized carbons (Fsp3) is 0.0526. The summed E-state index contributed by atoms with van der Waals surface area (Å²) >= 11 is 1.59. The Kier molecular flexibility index (Phi) is 4.66. The number of carbonyl (C=O) groups excluding carboxylic acids is 1. The molecule has 2 N–H and O–H groups in total. The molecular formula is C19H13F2N5OS. The van der Waals surface area contributed by atoms with Gasteiger partial charge < -0.3 is 10.3 Å². The van der Waals surface area contributed by atoms with Crippen molar-refractivity contribution in [1.29, 1.82) is 0 Å². The van der Waals surface area contributed by atoms with Crippen LogP contribution in [0.5, 0.6) is 0 Å². The van der Waals surface area contributed by atoms with Gasteiger partial charge in [-0.2, -0.15) is 0 Å². The second kappa shape index (κ2) is 7.28. The topological polar surface area (TPSA) is 83.6 Å². The first kappa shape index (κ1) is 17.9. The highest BCUT2D eigenvalue weighted by Gasteiger charge is 2.18. The zero-order valence-corrected chi connectivity index (χ0v) is 15.3. The van der Waals surface area contributed by atoms with E-state index in [9.17, 15) is 13.6 Å². The summed E-state index contributed by atoms with van der Waals surface area (Å²) in [5.74, 6) is -2.71. The molecule has 0 saturated heterocycles. The third-order valence-electron chi connectivity index (χ3n) is 4.04. The highest BCUT2D eigenvalue weighted by molar-refractivity contribution is 7.15. The molecule has 0 unspecified atom stereocenters. The molecule has 0 bridgehead atoms. The molecule has 0 spiro atoms. The van der Waals surface area contributed by atoms with E-state index in [1.54, 1.807) is 23.9 Å². The minimum atomic E-state index is -0.942. The van der Waals surface area contributed by atoms with Crippen molar-refractivity contribution in [2.24, 2.45) is 0 Å². The van der Waals surface area contributed by atoms with Gasteiger partial charge in [0.2, 0.25) is 0 Å².